The van der Waals surface area contributed by atoms with Crippen molar-refractivity contribution in [3.8, 4) is 0 Å². The number of carbonyl (C=O) groups excluding carboxylic acids is 1. The van der Waals surface area contributed by atoms with Crippen molar-refractivity contribution in [3.05, 3.63) is 22.8 Å². The van der Waals surface area contributed by atoms with E-state index in [1.165, 1.54) is 19.1 Å². The highest BCUT2D eigenvalue weighted by molar-refractivity contribution is 6.29. The van der Waals surface area contributed by atoms with Gasteiger partial charge in [-0.15, -0.1) is 0 Å². The first-order valence-corrected chi connectivity index (χ1v) is 6.27. The molecule has 1 amide bonds. The van der Waals surface area contributed by atoms with Gasteiger partial charge in [-0.2, -0.15) is 0 Å². The molecule has 0 bridgehead atoms. The summed E-state index contributed by atoms with van der Waals surface area (Å²) in [5, 5.41) is 12.2. The number of nitrogens with zero attached hydrogens (tertiary/aromatic N) is 2. The molecule has 0 aliphatic carbocycles. The Morgan fingerprint density at radius 2 is 2.26 bits per heavy atom. The van der Waals surface area contributed by atoms with Gasteiger partial charge < -0.3 is 15.3 Å². The summed E-state index contributed by atoms with van der Waals surface area (Å²) < 4.78 is 0. The number of halogens is 1. The topological polar surface area (TPSA) is 82.5 Å². The van der Waals surface area contributed by atoms with Gasteiger partial charge in [0.05, 0.1) is 0 Å². The monoisotopic (exact) mass is 283 g/mol. The Morgan fingerprint density at radius 3 is 2.89 bits per heavy atom. The Hall–Kier alpha value is -1.82. The molecule has 2 heterocycles. The molecule has 1 fully saturated rings. The lowest BCUT2D eigenvalue weighted by Gasteiger charge is -2.19. The number of aromatic nitrogens is 1. The van der Waals surface area contributed by atoms with Crippen LogP contribution in [0, 0.1) is 0 Å². The number of nitrogens with one attached hydrogen (secondary N) is 1. The second-order valence-electron chi connectivity index (χ2n) is 4.44. The third-order valence-corrected chi connectivity index (χ3v) is 3.18. The second-order valence-corrected chi connectivity index (χ2v) is 4.83. The van der Waals surface area contributed by atoms with Crippen molar-refractivity contribution in [1.82, 2.24) is 10.3 Å². The van der Waals surface area contributed by atoms with Crippen LogP contribution in [0.2, 0.25) is 5.15 Å². The van der Waals surface area contributed by atoms with Gasteiger partial charge in [0.1, 0.15) is 16.5 Å². The normalized spacial score (nSPS) is 18.4. The molecule has 2 rings (SSSR count). The number of amides is 1. The maximum atomic E-state index is 11.2. The lowest BCUT2D eigenvalue weighted by molar-refractivity contribution is -0.119. The minimum Gasteiger partial charge on any atom is -0.478 e. The van der Waals surface area contributed by atoms with E-state index in [1.807, 2.05) is 4.90 Å². The van der Waals surface area contributed by atoms with Gasteiger partial charge in [-0.25, -0.2) is 9.78 Å². The Kier molecular flexibility index (Phi) is 3.90. The van der Waals surface area contributed by atoms with E-state index in [9.17, 15) is 9.59 Å². The van der Waals surface area contributed by atoms with E-state index >= 15 is 0 Å². The summed E-state index contributed by atoms with van der Waals surface area (Å²) in [6.07, 6.45) is 0.757. The molecule has 0 aromatic carbocycles. The molecule has 1 aromatic rings. The summed E-state index contributed by atoms with van der Waals surface area (Å²) in [5.74, 6) is -0.778. The van der Waals surface area contributed by atoms with E-state index in [1.54, 1.807) is 0 Å². The molecule has 6 nitrogen and oxygen atoms in total. The van der Waals surface area contributed by atoms with Crippen LogP contribution in [0.3, 0.4) is 0 Å². The molecule has 1 saturated heterocycles. The molecule has 2 N–H and O–H groups in total. The van der Waals surface area contributed by atoms with Crippen molar-refractivity contribution in [1.29, 1.82) is 0 Å². The van der Waals surface area contributed by atoms with E-state index in [2.05, 4.69) is 10.3 Å². The Morgan fingerprint density at radius 1 is 1.53 bits per heavy atom. The fraction of sp³-hybridized carbons (Fsp3) is 0.417. The average molecular weight is 284 g/mol. The fourth-order valence-corrected chi connectivity index (χ4v) is 2.33. The van der Waals surface area contributed by atoms with E-state index in [-0.39, 0.29) is 22.7 Å². The van der Waals surface area contributed by atoms with Gasteiger partial charge in [-0.1, -0.05) is 11.6 Å². The summed E-state index contributed by atoms with van der Waals surface area (Å²) in [6.45, 7) is 2.63. The number of carboxylic acid groups (broad SMARTS) is 1. The first-order valence-electron chi connectivity index (χ1n) is 5.89. The zero-order chi connectivity index (χ0) is 14.0. The first kappa shape index (κ1) is 13.6. The van der Waals surface area contributed by atoms with Crippen molar-refractivity contribution in [2.45, 2.75) is 19.4 Å². The van der Waals surface area contributed by atoms with Crippen LogP contribution < -0.4 is 10.2 Å². The largest absolute Gasteiger partial charge is 0.478 e. The molecule has 102 valence electrons. The lowest BCUT2D eigenvalue weighted by atomic mass is 10.2. The molecule has 1 aliphatic rings. The van der Waals surface area contributed by atoms with Gasteiger partial charge >= 0.3 is 5.97 Å². The summed E-state index contributed by atoms with van der Waals surface area (Å²) in [5.41, 5.74) is 0.118. The molecule has 1 atom stereocenters. The van der Waals surface area contributed by atoms with Crippen molar-refractivity contribution < 1.29 is 14.7 Å². The highest BCUT2D eigenvalue weighted by Crippen LogP contribution is 2.24. The molecule has 0 saturated carbocycles. The Labute approximate surface area is 115 Å². The molecular formula is C12H14ClN3O3. The number of anilines is 1. The van der Waals surface area contributed by atoms with Gasteiger partial charge in [0.25, 0.3) is 0 Å². The number of carbonyl (C=O) groups is 2. The van der Waals surface area contributed by atoms with Gasteiger partial charge in [0, 0.05) is 26.1 Å². The summed E-state index contributed by atoms with van der Waals surface area (Å²) in [4.78, 5) is 28.1. The first-order chi connectivity index (χ1) is 8.97. The highest BCUT2D eigenvalue weighted by Gasteiger charge is 2.27. The minimum atomic E-state index is -1.04. The van der Waals surface area contributed by atoms with E-state index in [0.717, 1.165) is 6.42 Å². The van der Waals surface area contributed by atoms with Gasteiger partial charge in [0.15, 0.2) is 0 Å². The zero-order valence-corrected chi connectivity index (χ0v) is 11.1. The van der Waals surface area contributed by atoms with Crippen molar-refractivity contribution >= 4 is 29.3 Å². The van der Waals surface area contributed by atoms with Crippen molar-refractivity contribution in [2.24, 2.45) is 0 Å². The molecule has 1 unspecified atom stereocenters. The standard InChI is InChI=1S/C12H14ClN3O3/c1-7(17)14-8-4-5-16(6-8)11-9(12(18)19)2-3-10(13)15-11/h2-3,8H,4-6H2,1H3,(H,14,17)(H,18,19). The summed E-state index contributed by atoms with van der Waals surface area (Å²) in [7, 11) is 0. The smallest absolute Gasteiger partial charge is 0.339 e. The number of hydrogen-bond donors (Lipinski definition) is 2. The maximum absolute atomic E-state index is 11.2. The van der Waals surface area contributed by atoms with Crippen molar-refractivity contribution in [2.75, 3.05) is 18.0 Å². The molecule has 19 heavy (non-hydrogen) atoms. The van der Waals surface area contributed by atoms with Gasteiger partial charge in [-0.05, 0) is 18.6 Å². The van der Waals surface area contributed by atoms with Crippen LogP contribution in [0.15, 0.2) is 12.1 Å². The Bertz CT molecular complexity index is 521. The highest BCUT2D eigenvalue weighted by atomic mass is 35.5. The van der Waals surface area contributed by atoms with E-state index in [0.29, 0.717) is 18.9 Å². The predicted octanol–water partition coefficient (Wildman–Crippen LogP) is 1.15. The fourth-order valence-electron chi connectivity index (χ4n) is 2.19. The maximum Gasteiger partial charge on any atom is 0.339 e. The predicted molar refractivity (Wildman–Crippen MR) is 70.6 cm³/mol. The molecule has 7 heteroatoms. The second kappa shape index (κ2) is 5.44. The number of carboxylic acids is 1. The summed E-state index contributed by atoms with van der Waals surface area (Å²) in [6, 6.07) is 2.91. The third-order valence-electron chi connectivity index (χ3n) is 2.97. The van der Waals surface area contributed by atoms with E-state index < -0.39 is 5.97 Å². The Balaban J connectivity index is 2.21. The van der Waals surface area contributed by atoms with Crippen LogP contribution >= 0.6 is 11.6 Å². The molecule has 1 aliphatic heterocycles. The van der Waals surface area contributed by atoms with Gasteiger partial charge in [0.2, 0.25) is 5.91 Å². The van der Waals surface area contributed by atoms with Crippen LogP contribution in [-0.2, 0) is 4.79 Å². The third kappa shape index (κ3) is 3.14. The molecule has 1 aromatic heterocycles. The van der Waals surface area contributed by atoms with Crippen LogP contribution in [0.25, 0.3) is 0 Å². The van der Waals surface area contributed by atoms with E-state index in [4.69, 9.17) is 16.7 Å². The zero-order valence-electron chi connectivity index (χ0n) is 10.4. The molecule has 0 spiro atoms. The van der Waals surface area contributed by atoms with Crippen LogP contribution in [0.5, 0.6) is 0 Å². The average Bonchev–Trinajstić information content (AvgIpc) is 2.75. The molecule has 0 radical (unpaired) electrons. The van der Waals surface area contributed by atoms with Crippen LogP contribution in [-0.4, -0.2) is 41.1 Å². The van der Waals surface area contributed by atoms with Gasteiger partial charge in [-0.3, -0.25) is 4.79 Å². The van der Waals surface area contributed by atoms with Crippen LogP contribution in [0.4, 0.5) is 5.82 Å². The number of hydrogen-bond acceptors (Lipinski definition) is 4. The number of rotatable bonds is 3. The van der Waals surface area contributed by atoms with Crippen LogP contribution in [0.1, 0.15) is 23.7 Å². The van der Waals surface area contributed by atoms with Crippen molar-refractivity contribution in [3.63, 3.8) is 0 Å². The number of pyridine rings is 1. The SMILES string of the molecule is CC(=O)NC1CCN(c2nc(Cl)ccc2C(=O)O)C1. The quantitative estimate of drug-likeness (QED) is 0.813. The summed E-state index contributed by atoms with van der Waals surface area (Å²) >= 11 is 5.82. The lowest BCUT2D eigenvalue weighted by Crippen LogP contribution is -2.36. The minimum absolute atomic E-state index is 0.0138. The molecular weight excluding hydrogens is 270 g/mol. The number of aromatic carboxylic acids is 1.